The molecule has 78 valence electrons. The summed E-state index contributed by atoms with van der Waals surface area (Å²) >= 11 is 0. The fourth-order valence-electron chi connectivity index (χ4n) is 2.94. The summed E-state index contributed by atoms with van der Waals surface area (Å²) in [6.45, 7) is 0. The first kappa shape index (κ1) is 9.88. The smallest absolute Gasteiger partial charge is 0.139 e. The Labute approximate surface area is 85.1 Å². The highest BCUT2D eigenvalue weighted by Gasteiger charge is 2.40. The fraction of sp³-hybridized carbons (Fsp3) is 0.833. The van der Waals surface area contributed by atoms with Crippen molar-refractivity contribution in [3.63, 3.8) is 0 Å². The van der Waals surface area contributed by atoms with E-state index in [4.69, 9.17) is 0 Å². The summed E-state index contributed by atoms with van der Waals surface area (Å²) < 4.78 is 0. The van der Waals surface area contributed by atoms with E-state index in [0.29, 0.717) is 30.8 Å². The molecule has 2 aliphatic carbocycles. The molecule has 2 fully saturated rings. The van der Waals surface area contributed by atoms with E-state index < -0.39 is 0 Å². The van der Waals surface area contributed by atoms with Gasteiger partial charge in [0.05, 0.1) is 0 Å². The molecule has 2 heteroatoms. The molecule has 0 N–H and O–H groups in total. The maximum absolute atomic E-state index is 12.0. The number of rotatable bonds is 0. The van der Waals surface area contributed by atoms with Gasteiger partial charge in [0.15, 0.2) is 0 Å². The summed E-state index contributed by atoms with van der Waals surface area (Å²) in [6, 6.07) is 0. The van der Waals surface area contributed by atoms with Gasteiger partial charge in [0.1, 0.15) is 11.6 Å². The van der Waals surface area contributed by atoms with Gasteiger partial charge in [-0.25, -0.2) is 0 Å². The SMILES string of the molecule is O=C1CCCC(=O)C2(CCCC2)CC1. The molecule has 0 amide bonds. The van der Waals surface area contributed by atoms with Gasteiger partial charge in [-0.15, -0.1) is 0 Å². The second kappa shape index (κ2) is 3.84. The molecule has 0 aromatic carbocycles. The van der Waals surface area contributed by atoms with E-state index >= 15 is 0 Å². The summed E-state index contributed by atoms with van der Waals surface area (Å²) in [6.07, 6.45) is 7.99. The predicted octanol–water partition coefficient (Wildman–Crippen LogP) is 2.65. The topological polar surface area (TPSA) is 34.1 Å². The summed E-state index contributed by atoms with van der Waals surface area (Å²) in [5.74, 6) is 0.811. The number of carbonyl (C=O) groups excluding carboxylic acids is 2. The lowest BCUT2D eigenvalue weighted by Gasteiger charge is -2.28. The average molecular weight is 194 g/mol. The largest absolute Gasteiger partial charge is 0.300 e. The quantitative estimate of drug-likeness (QED) is 0.594. The molecule has 14 heavy (non-hydrogen) atoms. The lowest BCUT2D eigenvalue weighted by molar-refractivity contribution is -0.131. The monoisotopic (exact) mass is 194 g/mol. The molecule has 0 aromatic heterocycles. The second-order valence-electron chi connectivity index (χ2n) is 4.80. The van der Waals surface area contributed by atoms with E-state index in [1.165, 1.54) is 12.8 Å². The lowest BCUT2D eigenvalue weighted by atomic mass is 9.74. The van der Waals surface area contributed by atoms with Crippen LogP contribution >= 0.6 is 0 Å². The van der Waals surface area contributed by atoms with Crippen LogP contribution in [0.25, 0.3) is 0 Å². The van der Waals surface area contributed by atoms with Crippen LogP contribution in [0.4, 0.5) is 0 Å². The van der Waals surface area contributed by atoms with Crippen LogP contribution in [0.15, 0.2) is 0 Å². The summed E-state index contributed by atoms with van der Waals surface area (Å²) in [4.78, 5) is 23.4. The van der Waals surface area contributed by atoms with Crippen LogP contribution < -0.4 is 0 Å². The Hall–Kier alpha value is -0.660. The molecule has 2 nitrogen and oxygen atoms in total. The van der Waals surface area contributed by atoms with Crippen LogP contribution in [0.5, 0.6) is 0 Å². The van der Waals surface area contributed by atoms with E-state index in [0.717, 1.165) is 25.7 Å². The zero-order valence-electron chi connectivity index (χ0n) is 8.68. The Morgan fingerprint density at radius 1 is 0.786 bits per heavy atom. The van der Waals surface area contributed by atoms with Crippen molar-refractivity contribution in [2.75, 3.05) is 0 Å². The molecule has 0 heterocycles. The molecule has 0 aromatic rings. The van der Waals surface area contributed by atoms with E-state index in [-0.39, 0.29) is 5.41 Å². The van der Waals surface area contributed by atoms with Gasteiger partial charge in [-0.3, -0.25) is 9.59 Å². The molecule has 0 aliphatic heterocycles. The molecule has 0 bridgehead atoms. The zero-order chi connectivity index (χ0) is 10.0. The molecular weight excluding hydrogens is 176 g/mol. The van der Waals surface area contributed by atoms with Crippen LogP contribution in [-0.2, 0) is 9.59 Å². The normalized spacial score (nSPS) is 27.7. The minimum atomic E-state index is -0.0733. The van der Waals surface area contributed by atoms with Crippen molar-refractivity contribution < 1.29 is 9.59 Å². The van der Waals surface area contributed by atoms with Gasteiger partial charge in [-0.05, 0) is 25.7 Å². The van der Waals surface area contributed by atoms with Crippen molar-refractivity contribution in [3.8, 4) is 0 Å². The van der Waals surface area contributed by atoms with E-state index in [1.807, 2.05) is 0 Å². The minimum Gasteiger partial charge on any atom is -0.300 e. The zero-order valence-corrected chi connectivity index (χ0v) is 8.68. The molecule has 0 radical (unpaired) electrons. The number of hydrogen-bond acceptors (Lipinski definition) is 2. The Morgan fingerprint density at radius 3 is 2.21 bits per heavy atom. The molecule has 2 aliphatic rings. The van der Waals surface area contributed by atoms with Crippen LogP contribution in [-0.4, -0.2) is 11.6 Å². The molecule has 0 unspecified atom stereocenters. The Kier molecular flexibility index (Phi) is 2.71. The average Bonchev–Trinajstić information content (AvgIpc) is 2.63. The van der Waals surface area contributed by atoms with E-state index in [9.17, 15) is 9.59 Å². The van der Waals surface area contributed by atoms with Crippen molar-refractivity contribution in [1.82, 2.24) is 0 Å². The van der Waals surface area contributed by atoms with Gasteiger partial charge in [-0.1, -0.05) is 12.8 Å². The summed E-state index contributed by atoms with van der Waals surface area (Å²) in [5, 5.41) is 0. The minimum absolute atomic E-state index is 0.0733. The lowest BCUT2D eigenvalue weighted by Crippen LogP contribution is -2.30. The number of ketones is 2. The molecule has 0 saturated heterocycles. The summed E-state index contributed by atoms with van der Waals surface area (Å²) in [7, 11) is 0. The highest BCUT2D eigenvalue weighted by molar-refractivity contribution is 5.88. The number of Topliss-reactive ketones (excluding diaryl/α,β-unsaturated/α-hetero) is 2. The van der Waals surface area contributed by atoms with E-state index in [1.54, 1.807) is 0 Å². The number of hydrogen-bond donors (Lipinski definition) is 0. The molecule has 2 rings (SSSR count). The van der Waals surface area contributed by atoms with Gasteiger partial charge in [0, 0.05) is 24.7 Å². The van der Waals surface area contributed by atoms with Crippen molar-refractivity contribution in [2.24, 2.45) is 5.41 Å². The van der Waals surface area contributed by atoms with Gasteiger partial charge in [-0.2, -0.15) is 0 Å². The second-order valence-corrected chi connectivity index (χ2v) is 4.80. The Balaban J connectivity index is 2.11. The first-order valence-corrected chi connectivity index (χ1v) is 5.78. The van der Waals surface area contributed by atoms with Crippen LogP contribution in [0, 0.1) is 5.41 Å². The molecule has 0 atom stereocenters. The van der Waals surface area contributed by atoms with Crippen molar-refractivity contribution in [3.05, 3.63) is 0 Å². The molecular formula is C12H18O2. The van der Waals surface area contributed by atoms with Crippen molar-refractivity contribution >= 4 is 11.6 Å². The highest BCUT2D eigenvalue weighted by Crippen LogP contribution is 2.44. The maximum Gasteiger partial charge on any atom is 0.139 e. The standard InChI is InChI=1S/C12H18O2/c13-10-4-3-5-11(14)12(9-6-10)7-1-2-8-12/h1-9H2. The van der Waals surface area contributed by atoms with Crippen LogP contribution in [0.2, 0.25) is 0 Å². The van der Waals surface area contributed by atoms with Gasteiger partial charge in [0.25, 0.3) is 0 Å². The molecule has 1 spiro atoms. The summed E-state index contributed by atoms with van der Waals surface area (Å²) in [5.41, 5.74) is -0.0733. The Morgan fingerprint density at radius 2 is 1.50 bits per heavy atom. The van der Waals surface area contributed by atoms with Crippen molar-refractivity contribution in [1.29, 1.82) is 0 Å². The fourth-order valence-corrected chi connectivity index (χ4v) is 2.94. The van der Waals surface area contributed by atoms with Gasteiger partial charge in [0.2, 0.25) is 0 Å². The maximum atomic E-state index is 12.0. The van der Waals surface area contributed by atoms with E-state index in [2.05, 4.69) is 0 Å². The first-order chi connectivity index (χ1) is 6.73. The number of carbonyl (C=O) groups is 2. The van der Waals surface area contributed by atoms with Gasteiger partial charge >= 0.3 is 0 Å². The third-order valence-electron chi connectivity index (χ3n) is 3.89. The highest BCUT2D eigenvalue weighted by atomic mass is 16.1. The predicted molar refractivity (Wildman–Crippen MR) is 54.0 cm³/mol. The first-order valence-electron chi connectivity index (χ1n) is 5.78. The van der Waals surface area contributed by atoms with Crippen molar-refractivity contribution in [2.45, 2.75) is 57.8 Å². The third-order valence-corrected chi connectivity index (χ3v) is 3.89. The molecule has 2 saturated carbocycles. The van der Waals surface area contributed by atoms with Gasteiger partial charge < -0.3 is 0 Å². The van der Waals surface area contributed by atoms with Crippen LogP contribution in [0.1, 0.15) is 57.8 Å². The third kappa shape index (κ3) is 1.75. The Bertz CT molecular complexity index is 249. The van der Waals surface area contributed by atoms with Crippen LogP contribution in [0.3, 0.4) is 0 Å².